The molecule has 2 amide bonds. The van der Waals surface area contributed by atoms with Crippen molar-refractivity contribution in [2.75, 3.05) is 6.54 Å². The van der Waals surface area contributed by atoms with Crippen LogP contribution in [0.2, 0.25) is 15.1 Å². The van der Waals surface area contributed by atoms with Crippen molar-refractivity contribution < 1.29 is 9.59 Å². The largest absolute Gasteiger partial charge is 0.274 e. The zero-order valence-electron chi connectivity index (χ0n) is 12.9. The number of halogens is 3. The second-order valence-electron chi connectivity index (χ2n) is 5.76. The number of fused-ring (bicyclic) bond motifs is 1. The monoisotopic (exact) mass is 381 g/mol. The molecule has 0 bridgehead atoms. The van der Waals surface area contributed by atoms with Gasteiger partial charge in [0, 0.05) is 11.6 Å². The van der Waals surface area contributed by atoms with Gasteiger partial charge in [0.1, 0.15) is 0 Å². The molecule has 0 N–H and O–H groups in total. The fraction of sp³-hybridized carbons (Fsp3) is 0.222. The van der Waals surface area contributed by atoms with Crippen molar-refractivity contribution in [1.82, 2.24) is 4.90 Å². The molecule has 3 rings (SSSR count). The van der Waals surface area contributed by atoms with Gasteiger partial charge in [-0.25, -0.2) is 0 Å². The molecule has 0 unspecified atom stereocenters. The van der Waals surface area contributed by atoms with Crippen LogP contribution in [0, 0.1) is 6.92 Å². The van der Waals surface area contributed by atoms with Crippen molar-refractivity contribution in [3.05, 3.63) is 67.7 Å². The average molecular weight is 383 g/mol. The summed E-state index contributed by atoms with van der Waals surface area (Å²) in [5, 5.41) is 1.50. The van der Waals surface area contributed by atoms with Crippen molar-refractivity contribution in [2.45, 2.75) is 19.8 Å². The summed E-state index contributed by atoms with van der Waals surface area (Å²) in [5.74, 6) is -0.546. The summed E-state index contributed by atoms with van der Waals surface area (Å²) in [6, 6.07) is 8.68. The van der Waals surface area contributed by atoms with Gasteiger partial charge in [-0.15, -0.1) is 0 Å². The lowest BCUT2D eigenvalue weighted by atomic mass is 10.1. The molecule has 0 saturated carbocycles. The number of aryl methyl sites for hydroxylation is 2. The highest BCUT2D eigenvalue weighted by Crippen LogP contribution is 2.29. The Morgan fingerprint density at radius 3 is 2.21 bits per heavy atom. The Morgan fingerprint density at radius 1 is 0.875 bits per heavy atom. The highest BCUT2D eigenvalue weighted by atomic mass is 35.5. The maximum atomic E-state index is 12.4. The molecule has 0 aromatic heterocycles. The van der Waals surface area contributed by atoms with Crippen LogP contribution in [0.1, 0.15) is 38.3 Å². The third-order valence-electron chi connectivity index (χ3n) is 4.08. The standard InChI is InChI=1S/C18H14Cl3NO2/c1-10-7-12-13(9-15(10)20)18(24)22(17(12)23)6-2-3-11-4-5-14(19)16(21)8-11/h4-5,7-9H,2-3,6H2,1H3. The van der Waals surface area contributed by atoms with Crippen molar-refractivity contribution in [1.29, 1.82) is 0 Å². The number of amides is 2. The van der Waals surface area contributed by atoms with E-state index in [0.29, 0.717) is 45.6 Å². The van der Waals surface area contributed by atoms with Crippen LogP contribution < -0.4 is 0 Å². The first-order chi connectivity index (χ1) is 11.4. The molecule has 0 spiro atoms. The smallest absolute Gasteiger partial charge is 0.261 e. The summed E-state index contributed by atoms with van der Waals surface area (Å²) in [4.78, 5) is 26.1. The molecule has 6 heteroatoms. The molecule has 0 saturated heterocycles. The quantitative estimate of drug-likeness (QED) is 0.683. The molecule has 3 nitrogen and oxygen atoms in total. The van der Waals surface area contributed by atoms with Crippen LogP contribution in [0.3, 0.4) is 0 Å². The molecular formula is C18H14Cl3NO2. The first kappa shape index (κ1) is 17.3. The van der Waals surface area contributed by atoms with Crippen LogP contribution in [-0.2, 0) is 6.42 Å². The number of imide groups is 1. The molecule has 0 atom stereocenters. The summed E-state index contributed by atoms with van der Waals surface area (Å²) in [6.45, 7) is 2.16. The van der Waals surface area contributed by atoms with Gasteiger partial charge in [0.05, 0.1) is 21.2 Å². The lowest BCUT2D eigenvalue weighted by molar-refractivity contribution is 0.0652. The third-order valence-corrected chi connectivity index (χ3v) is 5.23. The Morgan fingerprint density at radius 2 is 1.54 bits per heavy atom. The van der Waals surface area contributed by atoms with Gasteiger partial charge in [-0.05, 0) is 55.2 Å². The van der Waals surface area contributed by atoms with Gasteiger partial charge in [0.15, 0.2) is 0 Å². The van der Waals surface area contributed by atoms with E-state index >= 15 is 0 Å². The summed E-state index contributed by atoms with van der Waals surface area (Å²) in [5.41, 5.74) is 2.61. The van der Waals surface area contributed by atoms with Gasteiger partial charge in [0.2, 0.25) is 0 Å². The number of carbonyl (C=O) groups excluding carboxylic acids is 2. The van der Waals surface area contributed by atoms with Crippen molar-refractivity contribution in [3.8, 4) is 0 Å². The van der Waals surface area contributed by atoms with Crippen LogP contribution in [-0.4, -0.2) is 23.3 Å². The Labute approximate surface area is 155 Å². The SMILES string of the molecule is Cc1cc2c(cc1Cl)C(=O)N(CCCc1ccc(Cl)c(Cl)c1)C2=O. The Balaban J connectivity index is 1.69. The van der Waals surface area contributed by atoms with Crippen LogP contribution in [0.4, 0.5) is 0 Å². The number of hydrogen-bond donors (Lipinski definition) is 0. The van der Waals surface area contributed by atoms with E-state index in [2.05, 4.69) is 0 Å². The molecule has 0 fully saturated rings. The van der Waals surface area contributed by atoms with E-state index in [1.807, 2.05) is 13.0 Å². The van der Waals surface area contributed by atoms with E-state index in [1.165, 1.54) is 4.90 Å². The summed E-state index contributed by atoms with van der Waals surface area (Å²) < 4.78 is 0. The van der Waals surface area contributed by atoms with E-state index in [4.69, 9.17) is 34.8 Å². The lowest BCUT2D eigenvalue weighted by Crippen LogP contribution is -2.30. The second-order valence-corrected chi connectivity index (χ2v) is 6.98. The second kappa shape index (κ2) is 6.75. The van der Waals surface area contributed by atoms with Gasteiger partial charge in [-0.1, -0.05) is 40.9 Å². The van der Waals surface area contributed by atoms with E-state index in [0.717, 1.165) is 11.1 Å². The Bertz CT molecular complexity index is 807. The molecule has 0 aliphatic carbocycles. The fourth-order valence-corrected chi connectivity index (χ4v) is 3.24. The Kier molecular flexibility index (Phi) is 4.86. The molecular weight excluding hydrogens is 369 g/mol. The lowest BCUT2D eigenvalue weighted by Gasteiger charge is -2.13. The minimum Gasteiger partial charge on any atom is -0.274 e. The van der Waals surface area contributed by atoms with E-state index in [-0.39, 0.29) is 11.8 Å². The zero-order chi connectivity index (χ0) is 17.4. The summed E-state index contributed by atoms with van der Waals surface area (Å²) >= 11 is 17.9. The van der Waals surface area contributed by atoms with Crippen LogP contribution in [0.25, 0.3) is 0 Å². The number of benzene rings is 2. The van der Waals surface area contributed by atoms with Crippen LogP contribution in [0.5, 0.6) is 0 Å². The number of nitrogens with zero attached hydrogens (tertiary/aromatic N) is 1. The van der Waals surface area contributed by atoms with Crippen molar-refractivity contribution in [2.24, 2.45) is 0 Å². The topological polar surface area (TPSA) is 37.4 Å². The highest BCUT2D eigenvalue weighted by molar-refractivity contribution is 6.42. The predicted molar refractivity (Wildman–Crippen MR) is 96.3 cm³/mol. The van der Waals surface area contributed by atoms with Gasteiger partial charge < -0.3 is 0 Å². The molecule has 24 heavy (non-hydrogen) atoms. The van der Waals surface area contributed by atoms with Gasteiger partial charge in [0.25, 0.3) is 11.8 Å². The van der Waals surface area contributed by atoms with Gasteiger partial charge in [-0.2, -0.15) is 0 Å². The van der Waals surface area contributed by atoms with Crippen LogP contribution in [0.15, 0.2) is 30.3 Å². The zero-order valence-corrected chi connectivity index (χ0v) is 15.2. The van der Waals surface area contributed by atoms with Crippen LogP contribution >= 0.6 is 34.8 Å². The number of carbonyl (C=O) groups is 2. The number of rotatable bonds is 4. The maximum absolute atomic E-state index is 12.4. The van der Waals surface area contributed by atoms with Crippen molar-refractivity contribution in [3.63, 3.8) is 0 Å². The normalized spacial score (nSPS) is 13.6. The fourth-order valence-electron chi connectivity index (χ4n) is 2.76. The summed E-state index contributed by atoms with van der Waals surface area (Å²) in [7, 11) is 0. The number of hydrogen-bond acceptors (Lipinski definition) is 2. The molecule has 1 aliphatic rings. The molecule has 0 radical (unpaired) electrons. The van der Waals surface area contributed by atoms with Crippen molar-refractivity contribution >= 4 is 46.6 Å². The average Bonchev–Trinajstić information content (AvgIpc) is 2.76. The molecule has 2 aromatic rings. The third kappa shape index (κ3) is 3.16. The minimum atomic E-state index is -0.286. The van der Waals surface area contributed by atoms with E-state index in [1.54, 1.807) is 24.3 Å². The van der Waals surface area contributed by atoms with E-state index in [9.17, 15) is 9.59 Å². The molecule has 2 aromatic carbocycles. The first-order valence-corrected chi connectivity index (χ1v) is 8.62. The van der Waals surface area contributed by atoms with Gasteiger partial charge >= 0.3 is 0 Å². The molecule has 124 valence electrons. The van der Waals surface area contributed by atoms with E-state index < -0.39 is 0 Å². The van der Waals surface area contributed by atoms with Gasteiger partial charge in [-0.3, -0.25) is 14.5 Å². The maximum Gasteiger partial charge on any atom is 0.261 e. The molecule has 1 heterocycles. The Hall–Kier alpha value is -1.55. The molecule has 1 aliphatic heterocycles. The first-order valence-electron chi connectivity index (χ1n) is 7.48. The summed E-state index contributed by atoms with van der Waals surface area (Å²) in [6.07, 6.45) is 1.35. The predicted octanol–water partition coefficient (Wildman–Crippen LogP) is 5.18. The highest BCUT2D eigenvalue weighted by Gasteiger charge is 2.35. The minimum absolute atomic E-state index is 0.260.